The van der Waals surface area contributed by atoms with E-state index in [9.17, 15) is 4.79 Å². The molecule has 1 amide bonds. The monoisotopic (exact) mass is 381 g/mol. The standard InChI is InChI=1S/C22H20ClNO3/c23-18-8-6-17(7-9-18)16-27-21-12-10-19(11-13-21)24-22(25)14-15-26-20-4-2-1-3-5-20/h1-13H,14-16H2,(H,24,25). The molecular formula is C22H20ClNO3. The first-order valence-electron chi connectivity index (χ1n) is 8.64. The third-order valence-electron chi connectivity index (χ3n) is 3.80. The third-order valence-corrected chi connectivity index (χ3v) is 4.05. The van der Waals surface area contributed by atoms with Gasteiger partial charge in [-0.3, -0.25) is 4.79 Å². The summed E-state index contributed by atoms with van der Waals surface area (Å²) in [6, 6.07) is 24.2. The molecule has 0 bridgehead atoms. The van der Waals surface area contributed by atoms with E-state index < -0.39 is 0 Å². The van der Waals surface area contributed by atoms with E-state index in [-0.39, 0.29) is 12.3 Å². The van der Waals surface area contributed by atoms with Crippen LogP contribution in [0, 0.1) is 0 Å². The van der Waals surface area contributed by atoms with Gasteiger partial charge >= 0.3 is 0 Å². The zero-order chi connectivity index (χ0) is 18.9. The molecular weight excluding hydrogens is 362 g/mol. The minimum atomic E-state index is -0.0965. The van der Waals surface area contributed by atoms with Crippen LogP contribution < -0.4 is 14.8 Å². The number of para-hydroxylation sites is 1. The minimum absolute atomic E-state index is 0.0965. The summed E-state index contributed by atoms with van der Waals surface area (Å²) in [5.41, 5.74) is 1.76. The number of anilines is 1. The summed E-state index contributed by atoms with van der Waals surface area (Å²) in [6.45, 7) is 0.790. The highest BCUT2D eigenvalue weighted by molar-refractivity contribution is 6.30. The Balaban J connectivity index is 1.41. The maximum Gasteiger partial charge on any atom is 0.227 e. The summed E-state index contributed by atoms with van der Waals surface area (Å²) in [6.07, 6.45) is 0.281. The van der Waals surface area contributed by atoms with Crippen molar-refractivity contribution in [3.63, 3.8) is 0 Å². The van der Waals surface area contributed by atoms with Gasteiger partial charge in [-0.05, 0) is 54.1 Å². The van der Waals surface area contributed by atoms with Crippen molar-refractivity contribution in [3.05, 3.63) is 89.4 Å². The number of carbonyl (C=O) groups is 1. The topological polar surface area (TPSA) is 47.6 Å². The molecule has 5 heteroatoms. The van der Waals surface area contributed by atoms with Gasteiger partial charge < -0.3 is 14.8 Å². The Morgan fingerprint density at radius 3 is 2.19 bits per heavy atom. The van der Waals surface area contributed by atoms with Crippen LogP contribution in [0.25, 0.3) is 0 Å². The number of nitrogens with one attached hydrogen (secondary N) is 1. The van der Waals surface area contributed by atoms with Crippen molar-refractivity contribution in [1.82, 2.24) is 0 Å². The second kappa shape index (κ2) is 9.64. The van der Waals surface area contributed by atoms with E-state index in [1.165, 1.54) is 0 Å². The smallest absolute Gasteiger partial charge is 0.227 e. The maximum atomic E-state index is 12.0. The highest BCUT2D eigenvalue weighted by atomic mass is 35.5. The van der Waals surface area contributed by atoms with E-state index in [1.54, 1.807) is 0 Å². The molecule has 0 heterocycles. The summed E-state index contributed by atoms with van der Waals surface area (Å²) in [5, 5.41) is 3.55. The molecule has 3 aromatic rings. The molecule has 0 radical (unpaired) electrons. The Morgan fingerprint density at radius 2 is 1.48 bits per heavy atom. The molecule has 27 heavy (non-hydrogen) atoms. The van der Waals surface area contributed by atoms with Crippen molar-refractivity contribution in [1.29, 1.82) is 0 Å². The Morgan fingerprint density at radius 1 is 0.815 bits per heavy atom. The van der Waals surface area contributed by atoms with Crippen molar-refractivity contribution < 1.29 is 14.3 Å². The predicted molar refractivity (Wildman–Crippen MR) is 107 cm³/mol. The van der Waals surface area contributed by atoms with Crippen molar-refractivity contribution in [3.8, 4) is 11.5 Å². The van der Waals surface area contributed by atoms with Gasteiger partial charge in [0.05, 0.1) is 13.0 Å². The lowest BCUT2D eigenvalue weighted by atomic mass is 10.2. The molecule has 0 aromatic heterocycles. The first-order chi connectivity index (χ1) is 13.2. The third kappa shape index (κ3) is 6.35. The molecule has 3 rings (SSSR count). The number of hydrogen-bond donors (Lipinski definition) is 1. The summed E-state index contributed by atoms with van der Waals surface area (Å²) < 4.78 is 11.3. The molecule has 0 aliphatic rings. The fraction of sp³-hybridized carbons (Fsp3) is 0.136. The predicted octanol–water partition coefficient (Wildman–Crippen LogP) is 5.33. The minimum Gasteiger partial charge on any atom is -0.493 e. The van der Waals surface area contributed by atoms with E-state index in [0.717, 1.165) is 22.7 Å². The molecule has 0 aliphatic heterocycles. The van der Waals surface area contributed by atoms with E-state index >= 15 is 0 Å². The fourth-order valence-electron chi connectivity index (χ4n) is 2.38. The number of halogens is 1. The molecule has 0 aliphatic carbocycles. The first-order valence-corrected chi connectivity index (χ1v) is 9.02. The zero-order valence-corrected chi connectivity index (χ0v) is 15.5. The summed E-state index contributed by atoms with van der Waals surface area (Å²) in [5.74, 6) is 1.39. The lowest BCUT2D eigenvalue weighted by molar-refractivity contribution is -0.116. The molecule has 0 fully saturated rings. The highest BCUT2D eigenvalue weighted by Crippen LogP contribution is 2.18. The van der Waals surface area contributed by atoms with Gasteiger partial charge in [-0.1, -0.05) is 41.9 Å². The normalized spacial score (nSPS) is 10.3. The lowest BCUT2D eigenvalue weighted by Crippen LogP contribution is -2.15. The van der Waals surface area contributed by atoms with Crippen molar-refractivity contribution in [2.45, 2.75) is 13.0 Å². The fourth-order valence-corrected chi connectivity index (χ4v) is 2.51. The van der Waals surface area contributed by atoms with Gasteiger partial charge in [0.1, 0.15) is 18.1 Å². The van der Waals surface area contributed by atoms with Crippen molar-refractivity contribution in [2.24, 2.45) is 0 Å². The second-order valence-electron chi connectivity index (χ2n) is 5.90. The van der Waals surface area contributed by atoms with Gasteiger partial charge in [-0.15, -0.1) is 0 Å². The largest absolute Gasteiger partial charge is 0.493 e. The summed E-state index contributed by atoms with van der Waals surface area (Å²) in [7, 11) is 0. The van der Waals surface area contributed by atoms with E-state index in [4.69, 9.17) is 21.1 Å². The molecule has 0 unspecified atom stereocenters. The van der Waals surface area contributed by atoms with Crippen LogP contribution in [0.15, 0.2) is 78.9 Å². The van der Waals surface area contributed by atoms with Gasteiger partial charge in [0, 0.05) is 10.7 Å². The van der Waals surface area contributed by atoms with Crippen LogP contribution in [0.1, 0.15) is 12.0 Å². The van der Waals surface area contributed by atoms with Gasteiger partial charge in [-0.2, -0.15) is 0 Å². The highest BCUT2D eigenvalue weighted by Gasteiger charge is 2.04. The molecule has 0 atom stereocenters. The Labute approximate surface area is 163 Å². The maximum absolute atomic E-state index is 12.0. The van der Waals surface area contributed by atoms with Crippen LogP contribution >= 0.6 is 11.6 Å². The van der Waals surface area contributed by atoms with Crippen LogP contribution in [0.3, 0.4) is 0 Å². The molecule has 138 valence electrons. The van der Waals surface area contributed by atoms with Crippen LogP contribution in [0.4, 0.5) is 5.69 Å². The average molecular weight is 382 g/mol. The van der Waals surface area contributed by atoms with Crippen molar-refractivity contribution in [2.75, 3.05) is 11.9 Å². The zero-order valence-electron chi connectivity index (χ0n) is 14.7. The van der Waals surface area contributed by atoms with Crippen LogP contribution in [-0.2, 0) is 11.4 Å². The second-order valence-corrected chi connectivity index (χ2v) is 6.34. The Kier molecular flexibility index (Phi) is 6.72. The van der Waals surface area contributed by atoms with Crippen LogP contribution in [-0.4, -0.2) is 12.5 Å². The lowest BCUT2D eigenvalue weighted by Gasteiger charge is -2.09. The Bertz CT molecular complexity index is 849. The number of carbonyl (C=O) groups excluding carboxylic acids is 1. The number of ether oxygens (including phenoxy) is 2. The number of rotatable bonds is 8. The van der Waals surface area contributed by atoms with Gasteiger partial charge in [0.15, 0.2) is 0 Å². The molecule has 0 saturated heterocycles. The molecule has 0 saturated carbocycles. The Hall–Kier alpha value is -2.98. The van der Waals surface area contributed by atoms with E-state index in [0.29, 0.717) is 18.2 Å². The van der Waals surface area contributed by atoms with Crippen LogP contribution in [0.2, 0.25) is 5.02 Å². The average Bonchev–Trinajstić information content (AvgIpc) is 2.69. The number of benzene rings is 3. The van der Waals surface area contributed by atoms with E-state index in [1.807, 2.05) is 78.9 Å². The first kappa shape index (κ1) is 18.8. The van der Waals surface area contributed by atoms with Crippen LogP contribution in [0.5, 0.6) is 11.5 Å². The van der Waals surface area contributed by atoms with Gasteiger partial charge in [0.25, 0.3) is 0 Å². The van der Waals surface area contributed by atoms with Crippen molar-refractivity contribution >= 4 is 23.2 Å². The molecule has 4 nitrogen and oxygen atoms in total. The SMILES string of the molecule is O=C(CCOc1ccccc1)Nc1ccc(OCc2ccc(Cl)cc2)cc1. The summed E-state index contributed by atoms with van der Waals surface area (Å²) >= 11 is 5.87. The van der Waals surface area contributed by atoms with E-state index in [2.05, 4.69) is 5.32 Å². The van der Waals surface area contributed by atoms with Gasteiger partial charge in [-0.25, -0.2) is 0 Å². The quantitative estimate of drug-likeness (QED) is 0.574. The number of hydrogen-bond acceptors (Lipinski definition) is 3. The molecule has 3 aromatic carbocycles. The molecule has 0 spiro atoms. The van der Waals surface area contributed by atoms with Gasteiger partial charge in [0.2, 0.25) is 5.91 Å². The number of amides is 1. The molecule has 1 N–H and O–H groups in total. The summed E-state index contributed by atoms with van der Waals surface area (Å²) in [4.78, 5) is 12.0.